The van der Waals surface area contributed by atoms with Crippen molar-refractivity contribution in [3.05, 3.63) is 0 Å². The normalized spacial score (nSPS) is 12.0. The van der Waals surface area contributed by atoms with Gasteiger partial charge in [-0.05, 0) is 31.1 Å². The van der Waals surface area contributed by atoms with Gasteiger partial charge in [0.2, 0.25) is 0 Å². The van der Waals surface area contributed by atoms with Crippen molar-refractivity contribution in [3.63, 3.8) is 0 Å². The number of unbranched alkanes of at least 4 members (excludes halogenated alkanes) is 1. The van der Waals surface area contributed by atoms with Gasteiger partial charge in [0.15, 0.2) is 0 Å². The third kappa shape index (κ3) is 8.06. The summed E-state index contributed by atoms with van der Waals surface area (Å²) in [7, 11) is 1.75. The quantitative estimate of drug-likeness (QED) is 0.515. The highest BCUT2D eigenvalue weighted by Gasteiger charge is 2.25. The van der Waals surface area contributed by atoms with Gasteiger partial charge in [-0.1, -0.05) is 27.2 Å². The third-order valence-electron chi connectivity index (χ3n) is 3.90. The smallest absolute Gasteiger partial charge is 0.0587 e. The molecule has 0 aliphatic rings. The molecule has 0 rings (SSSR count). The molecular weight excluding hydrogens is 226 g/mol. The van der Waals surface area contributed by atoms with E-state index in [1.807, 2.05) is 0 Å². The lowest BCUT2D eigenvalue weighted by Crippen LogP contribution is -2.36. The van der Waals surface area contributed by atoms with Gasteiger partial charge in [0.25, 0.3) is 0 Å². The topological polar surface area (TPSA) is 30.5 Å². The lowest BCUT2D eigenvalue weighted by atomic mass is 9.79. The van der Waals surface area contributed by atoms with E-state index in [1.54, 1.807) is 7.11 Å². The maximum atomic E-state index is 5.71. The Kier molecular flexibility index (Phi) is 11.9. The molecule has 0 bridgehead atoms. The fraction of sp³-hybridized carbons (Fsp3) is 1.00. The molecule has 0 saturated heterocycles. The predicted molar refractivity (Wildman–Crippen MR) is 78.1 cm³/mol. The Morgan fingerprint density at radius 3 is 2.28 bits per heavy atom. The lowest BCUT2D eigenvalue weighted by Gasteiger charge is -2.32. The second-order valence-corrected chi connectivity index (χ2v) is 5.09. The van der Waals surface area contributed by atoms with Crippen molar-refractivity contribution in [2.45, 2.75) is 52.9 Å². The standard InChI is InChI=1S/C15H33NO2/c1-5-8-11-18-12-9-15(6-2,7-3)14-16-10-13-17-4/h16H,5-14H2,1-4H3. The Morgan fingerprint density at radius 1 is 1.00 bits per heavy atom. The van der Waals surface area contributed by atoms with E-state index in [2.05, 4.69) is 26.1 Å². The van der Waals surface area contributed by atoms with Gasteiger partial charge >= 0.3 is 0 Å². The number of hydrogen-bond donors (Lipinski definition) is 1. The average molecular weight is 259 g/mol. The van der Waals surface area contributed by atoms with Gasteiger partial charge in [-0.25, -0.2) is 0 Å². The molecule has 1 N–H and O–H groups in total. The summed E-state index contributed by atoms with van der Waals surface area (Å²) in [5.41, 5.74) is 0.389. The zero-order chi connectivity index (χ0) is 13.7. The van der Waals surface area contributed by atoms with E-state index >= 15 is 0 Å². The van der Waals surface area contributed by atoms with Crippen LogP contribution in [0.1, 0.15) is 52.9 Å². The molecule has 0 aliphatic carbocycles. The largest absolute Gasteiger partial charge is 0.383 e. The first-order chi connectivity index (χ1) is 8.74. The molecule has 3 nitrogen and oxygen atoms in total. The van der Waals surface area contributed by atoms with E-state index in [-0.39, 0.29) is 0 Å². The Bertz CT molecular complexity index is 170. The van der Waals surface area contributed by atoms with E-state index in [4.69, 9.17) is 9.47 Å². The maximum absolute atomic E-state index is 5.71. The van der Waals surface area contributed by atoms with Gasteiger partial charge in [-0.2, -0.15) is 0 Å². The number of methoxy groups -OCH3 is 1. The summed E-state index contributed by atoms with van der Waals surface area (Å²) in [5, 5.41) is 3.50. The molecule has 0 aliphatic heterocycles. The molecule has 0 amide bonds. The molecule has 3 heteroatoms. The van der Waals surface area contributed by atoms with Crippen LogP contribution >= 0.6 is 0 Å². The summed E-state index contributed by atoms with van der Waals surface area (Å²) in [6, 6.07) is 0. The van der Waals surface area contributed by atoms with Gasteiger partial charge in [0, 0.05) is 33.4 Å². The Labute approximate surface area is 114 Å². The molecule has 18 heavy (non-hydrogen) atoms. The van der Waals surface area contributed by atoms with Crippen molar-refractivity contribution in [2.75, 3.05) is 40.0 Å². The van der Waals surface area contributed by atoms with Crippen molar-refractivity contribution in [3.8, 4) is 0 Å². The first kappa shape index (κ1) is 17.9. The van der Waals surface area contributed by atoms with E-state index in [0.29, 0.717) is 5.41 Å². The molecule has 0 aromatic carbocycles. The molecule has 0 aromatic heterocycles. The van der Waals surface area contributed by atoms with E-state index in [0.717, 1.165) is 39.3 Å². The monoisotopic (exact) mass is 259 g/mol. The van der Waals surface area contributed by atoms with Crippen molar-refractivity contribution in [1.82, 2.24) is 5.32 Å². The van der Waals surface area contributed by atoms with E-state index in [9.17, 15) is 0 Å². The number of ether oxygens (including phenoxy) is 2. The molecule has 0 unspecified atom stereocenters. The highest BCUT2D eigenvalue weighted by atomic mass is 16.5. The molecule has 0 fully saturated rings. The summed E-state index contributed by atoms with van der Waals surface area (Å²) in [4.78, 5) is 0. The fourth-order valence-corrected chi connectivity index (χ4v) is 2.11. The minimum Gasteiger partial charge on any atom is -0.383 e. The van der Waals surface area contributed by atoms with Crippen LogP contribution in [0.15, 0.2) is 0 Å². The molecule has 0 heterocycles. The number of rotatable bonds is 13. The van der Waals surface area contributed by atoms with Crippen molar-refractivity contribution < 1.29 is 9.47 Å². The van der Waals surface area contributed by atoms with Crippen LogP contribution in [0.4, 0.5) is 0 Å². The van der Waals surface area contributed by atoms with Crippen LogP contribution in [-0.4, -0.2) is 40.0 Å². The fourth-order valence-electron chi connectivity index (χ4n) is 2.11. The van der Waals surface area contributed by atoms with Gasteiger partial charge in [-0.3, -0.25) is 0 Å². The minimum atomic E-state index is 0.389. The second-order valence-electron chi connectivity index (χ2n) is 5.09. The SMILES string of the molecule is CCCCOCCC(CC)(CC)CNCCOC. The first-order valence-electron chi connectivity index (χ1n) is 7.52. The van der Waals surface area contributed by atoms with Crippen molar-refractivity contribution in [2.24, 2.45) is 5.41 Å². The van der Waals surface area contributed by atoms with Gasteiger partial charge < -0.3 is 14.8 Å². The highest BCUT2D eigenvalue weighted by molar-refractivity contribution is 4.79. The van der Waals surface area contributed by atoms with E-state index < -0.39 is 0 Å². The van der Waals surface area contributed by atoms with Crippen LogP contribution in [0.2, 0.25) is 0 Å². The summed E-state index contributed by atoms with van der Waals surface area (Å²) in [5.74, 6) is 0. The van der Waals surface area contributed by atoms with Crippen LogP contribution in [0.3, 0.4) is 0 Å². The average Bonchev–Trinajstić information content (AvgIpc) is 2.41. The van der Waals surface area contributed by atoms with Crippen molar-refractivity contribution >= 4 is 0 Å². The third-order valence-corrected chi connectivity index (χ3v) is 3.90. The summed E-state index contributed by atoms with van der Waals surface area (Å²) in [6.45, 7) is 11.4. The zero-order valence-electron chi connectivity index (χ0n) is 12.9. The molecule has 0 saturated carbocycles. The van der Waals surface area contributed by atoms with Crippen LogP contribution in [-0.2, 0) is 9.47 Å². The van der Waals surface area contributed by atoms with E-state index in [1.165, 1.54) is 25.7 Å². The van der Waals surface area contributed by atoms with Crippen LogP contribution in [0.5, 0.6) is 0 Å². The zero-order valence-corrected chi connectivity index (χ0v) is 12.9. The highest BCUT2D eigenvalue weighted by Crippen LogP contribution is 2.29. The predicted octanol–water partition coefficient (Wildman–Crippen LogP) is 3.24. The first-order valence-corrected chi connectivity index (χ1v) is 7.52. The van der Waals surface area contributed by atoms with Crippen LogP contribution in [0.25, 0.3) is 0 Å². The molecule has 0 atom stereocenters. The summed E-state index contributed by atoms with van der Waals surface area (Å²) in [6.07, 6.45) is 5.97. The Balaban J connectivity index is 3.85. The Hall–Kier alpha value is -0.120. The molecule has 110 valence electrons. The molecular formula is C15H33NO2. The minimum absolute atomic E-state index is 0.389. The van der Waals surface area contributed by atoms with Crippen LogP contribution in [0, 0.1) is 5.41 Å². The molecule has 0 aromatic rings. The van der Waals surface area contributed by atoms with Crippen LogP contribution < -0.4 is 5.32 Å². The summed E-state index contributed by atoms with van der Waals surface area (Å²) >= 11 is 0. The van der Waals surface area contributed by atoms with Crippen molar-refractivity contribution in [1.29, 1.82) is 0 Å². The summed E-state index contributed by atoms with van der Waals surface area (Å²) < 4.78 is 10.8. The van der Waals surface area contributed by atoms with Gasteiger partial charge in [-0.15, -0.1) is 0 Å². The Morgan fingerprint density at radius 2 is 1.72 bits per heavy atom. The molecule has 0 radical (unpaired) electrons. The number of hydrogen-bond acceptors (Lipinski definition) is 3. The number of nitrogens with one attached hydrogen (secondary N) is 1. The second kappa shape index (κ2) is 11.9. The molecule has 0 spiro atoms. The van der Waals surface area contributed by atoms with Gasteiger partial charge in [0.1, 0.15) is 0 Å². The maximum Gasteiger partial charge on any atom is 0.0587 e. The van der Waals surface area contributed by atoms with Gasteiger partial charge in [0.05, 0.1) is 6.61 Å². The lowest BCUT2D eigenvalue weighted by molar-refractivity contribution is 0.0850.